The van der Waals surface area contributed by atoms with Gasteiger partial charge >= 0.3 is 0 Å². The minimum absolute atomic E-state index is 0.230. The van der Waals surface area contributed by atoms with Crippen LogP contribution < -0.4 is 5.73 Å². The number of hydrogen-bond donors (Lipinski definition) is 1. The topological polar surface area (TPSA) is 47.1 Å². The number of hydrogen-bond acceptors (Lipinski definition) is 3. The highest BCUT2D eigenvalue weighted by Crippen LogP contribution is 2.27. The first kappa shape index (κ1) is 10.6. The number of aryl methyl sites for hydroxylation is 1. The Balaban J connectivity index is 2.27. The van der Waals surface area contributed by atoms with Crippen molar-refractivity contribution in [3.8, 4) is 0 Å². The van der Waals surface area contributed by atoms with Gasteiger partial charge in [0.05, 0.1) is 18.1 Å². The Morgan fingerprint density at radius 3 is 2.87 bits per heavy atom. The van der Waals surface area contributed by atoms with Crippen LogP contribution in [0.25, 0.3) is 0 Å². The first-order valence-corrected chi connectivity index (χ1v) is 5.62. The van der Waals surface area contributed by atoms with Gasteiger partial charge in [0.15, 0.2) is 0 Å². The minimum Gasteiger partial charge on any atom is -0.336 e. The lowest BCUT2D eigenvalue weighted by atomic mass is 10.0. The van der Waals surface area contributed by atoms with E-state index in [0.717, 1.165) is 13.0 Å². The lowest BCUT2D eigenvalue weighted by molar-refractivity contribution is 0.221. The second kappa shape index (κ2) is 4.33. The van der Waals surface area contributed by atoms with E-state index < -0.39 is 0 Å². The van der Waals surface area contributed by atoms with E-state index in [9.17, 15) is 0 Å². The first-order chi connectivity index (χ1) is 7.20. The molecule has 2 heterocycles. The van der Waals surface area contributed by atoms with Gasteiger partial charge in [0, 0.05) is 19.3 Å². The molecule has 0 aromatic carbocycles. The fourth-order valence-electron chi connectivity index (χ4n) is 2.46. The highest BCUT2D eigenvalue weighted by molar-refractivity contribution is 5.09. The van der Waals surface area contributed by atoms with Crippen molar-refractivity contribution in [2.24, 2.45) is 12.8 Å². The number of likely N-dealkylation sites (tertiary alicyclic amines) is 1. The Morgan fingerprint density at radius 2 is 2.20 bits per heavy atom. The third-order valence-corrected chi connectivity index (χ3v) is 3.34. The van der Waals surface area contributed by atoms with Crippen LogP contribution in [0, 0.1) is 0 Å². The van der Waals surface area contributed by atoms with Crippen molar-refractivity contribution in [3.05, 3.63) is 18.2 Å². The molecule has 2 atom stereocenters. The van der Waals surface area contributed by atoms with E-state index in [-0.39, 0.29) is 6.04 Å². The summed E-state index contributed by atoms with van der Waals surface area (Å²) >= 11 is 0. The summed E-state index contributed by atoms with van der Waals surface area (Å²) in [4.78, 5) is 6.53. The molecule has 0 saturated carbocycles. The summed E-state index contributed by atoms with van der Waals surface area (Å²) in [6.07, 6.45) is 7.38. The van der Waals surface area contributed by atoms with Crippen molar-refractivity contribution in [1.82, 2.24) is 14.5 Å². The fourth-order valence-corrected chi connectivity index (χ4v) is 2.46. The standard InChI is InChI=1S/C11H20N4/c1-14-6-4-3-5-9(12)11(14)10-7-13-8-15(10)2/h7-9,11H,3-6,12H2,1-2H3. The molecular weight excluding hydrogens is 188 g/mol. The number of imidazole rings is 1. The molecule has 84 valence electrons. The Hall–Kier alpha value is -0.870. The van der Waals surface area contributed by atoms with Gasteiger partial charge in [-0.15, -0.1) is 0 Å². The summed E-state index contributed by atoms with van der Waals surface area (Å²) in [5.74, 6) is 0. The zero-order valence-corrected chi connectivity index (χ0v) is 9.56. The molecule has 1 aliphatic rings. The van der Waals surface area contributed by atoms with Gasteiger partial charge in [0.25, 0.3) is 0 Å². The molecule has 0 radical (unpaired) electrons. The van der Waals surface area contributed by atoms with E-state index in [1.807, 2.05) is 19.6 Å². The van der Waals surface area contributed by atoms with E-state index in [1.165, 1.54) is 18.5 Å². The van der Waals surface area contributed by atoms with Crippen LogP contribution in [0.4, 0.5) is 0 Å². The second-order valence-electron chi connectivity index (χ2n) is 4.51. The SMILES string of the molecule is CN1CCCCC(N)C1c1cncn1C. The number of rotatable bonds is 1. The van der Waals surface area contributed by atoms with Crippen molar-refractivity contribution in [3.63, 3.8) is 0 Å². The van der Waals surface area contributed by atoms with Crippen molar-refractivity contribution in [1.29, 1.82) is 0 Å². The lowest BCUT2D eigenvalue weighted by Gasteiger charge is -2.30. The van der Waals surface area contributed by atoms with Gasteiger partial charge < -0.3 is 10.3 Å². The van der Waals surface area contributed by atoms with Crippen LogP contribution in [0.5, 0.6) is 0 Å². The summed E-state index contributed by atoms with van der Waals surface area (Å²) in [5.41, 5.74) is 7.48. The molecule has 1 aromatic rings. The third-order valence-electron chi connectivity index (χ3n) is 3.34. The molecule has 2 rings (SSSR count). The van der Waals surface area contributed by atoms with Gasteiger partial charge in [-0.1, -0.05) is 6.42 Å². The summed E-state index contributed by atoms with van der Waals surface area (Å²) in [5, 5.41) is 0. The molecule has 1 fully saturated rings. The van der Waals surface area contributed by atoms with Gasteiger partial charge in [0.1, 0.15) is 0 Å². The molecule has 2 N–H and O–H groups in total. The smallest absolute Gasteiger partial charge is 0.0946 e. The van der Waals surface area contributed by atoms with Crippen molar-refractivity contribution in [2.45, 2.75) is 31.3 Å². The van der Waals surface area contributed by atoms with E-state index in [1.54, 1.807) is 0 Å². The highest BCUT2D eigenvalue weighted by Gasteiger charge is 2.28. The van der Waals surface area contributed by atoms with Crippen LogP contribution in [0.2, 0.25) is 0 Å². The predicted molar refractivity (Wildman–Crippen MR) is 60.4 cm³/mol. The maximum absolute atomic E-state index is 6.25. The predicted octanol–water partition coefficient (Wildman–Crippen LogP) is 0.904. The summed E-state index contributed by atoms with van der Waals surface area (Å²) in [6, 6.07) is 0.549. The minimum atomic E-state index is 0.230. The molecule has 0 spiro atoms. The first-order valence-electron chi connectivity index (χ1n) is 5.62. The maximum Gasteiger partial charge on any atom is 0.0946 e. The molecule has 0 aliphatic carbocycles. The van der Waals surface area contributed by atoms with Crippen LogP contribution in [-0.2, 0) is 7.05 Å². The van der Waals surface area contributed by atoms with Crippen LogP contribution in [-0.4, -0.2) is 34.1 Å². The van der Waals surface area contributed by atoms with E-state index in [0.29, 0.717) is 6.04 Å². The Labute approximate surface area is 91.1 Å². The Bertz CT molecular complexity index is 308. The van der Waals surface area contributed by atoms with Crippen LogP contribution >= 0.6 is 0 Å². The molecular formula is C11H20N4. The monoisotopic (exact) mass is 208 g/mol. The zero-order valence-electron chi connectivity index (χ0n) is 9.56. The molecule has 1 aliphatic heterocycles. The van der Waals surface area contributed by atoms with Crippen LogP contribution in [0.15, 0.2) is 12.5 Å². The maximum atomic E-state index is 6.25. The molecule has 15 heavy (non-hydrogen) atoms. The number of aromatic nitrogens is 2. The van der Waals surface area contributed by atoms with Crippen molar-refractivity contribution < 1.29 is 0 Å². The van der Waals surface area contributed by atoms with Gasteiger partial charge in [-0.25, -0.2) is 4.98 Å². The van der Waals surface area contributed by atoms with Gasteiger partial charge in [-0.05, 0) is 26.4 Å². The Kier molecular flexibility index (Phi) is 3.07. The van der Waals surface area contributed by atoms with Gasteiger partial charge in [-0.2, -0.15) is 0 Å². The van der Waals surface area contributed by atoms with Crippen molar-refractivity contribution >= 4 is 0 Å². The molecule has 1 aromatic heterocycles. The summed E-state index contributed by atoms with van der Waals surface area (Å²) < 4.78 is 2.08. The second-order valence-corrected chi connectivity index (χ2v) is 4.51. The number of nitrogens with two attached hydrogens (primary N) is 1. The quantitative estimate of drug-likeness (QED) is 0.746. The van der Waals surface area contributed by atoms with Gasteiger partial charge in [0.2, 0.25) is 0 Å². The highest BCUT2D eigenvalue weighted by atomic mass is 15.2. The molecule has 4 heteroatoms. The number of likely N-dealkylation sites (N-methyl/N-ethyl adjacent to an activating group) is 1. The molecule has 1 saturated heterocycles. The van der Waals surface area contributed by atoms with Crippen LogP contribution in [0.3, 0.4) is 0 Å². The van der Waals surface area contributed by atoms with Crippen molar-refractivity contribution in [2.75, 3.05) is 13.6 Å². The molecule has 4 nitrogen and oxygen atoms in total. The van der Waals surface area contributed by atoms with E-state index >= 15 is 0 Å². The molecule has 2 unspecified atom stereocenters. The summed E-state index contributed by atoms with van der Waals surface area (Å²) in [7, 11) is 4.19. The third kappa shape index (κ3) is 2.06. The lowest BCUT2D eigenvalue weighted by Crippen LogP contribution is -2.38. The number of nitrogens with zero attached hydrogens (tertiary/aromatic N) is 3. The average molecular weight is 208 g/mol. The average Bonchev–Trinajstić information content (AvgIpc) is 2.53. The molecule has 0 amide bonds. The zero-order chi connectivity index (χ0) is 10.8. The Morgan fingerprint density at radius 1 is 1.40 bits per heavy atom. The van der Waals surface area contributed by atoms with Crippen LogP contribution in [0.1, 0.15) is 31.0 Å². The normalized spacial score (nSPS) is 29.0. The largest absolute Gasteiger partial charge is 0.336 e. The van der Waals surface area contributed by atoms with E-state index in [4.69, 9.17) is 5.73 Å². The van der Waals surface area contributed by atoms with E-state index in [2.05, 4.69) is 21.5 Å². The summed E-state index contributed by atoms with van der Waals surface area (Å²) in [6.45, 7) is 1.13. The molecule has 0 bridgehead atoms. The van der Waals surface area contributed by atoms with Gasteiger partial charge in [-0.3, -0.25) is 4.90 Å². The fraction of sp³-hybridized carbons (Fsp3) is 0.727.